The van der Waals surface area contributed by atoms with Crippen LogP contribution in [0.25, 0.3) is 111 Å². The molecule has 0 saturated heterocycles. The molecule has 0 radical (unpaired) electrons. The topological polar surface area (TPSA) is 38.7 Å². The van der Waals surface area contributed by atoms with Crippen LogP contribution in [-0.2, 0) is 0 Å². The summed E-state index contributed by atoms with van der Waals surface area (Å²) < 4.78 is 0. The van der Waals surface area contributed by atoms with Crippen LogP contribution >= 0.6 is 0 Å². The van der Waals surface area contributed by atoms with Gasteiger partial charge in [0, 0.05) is 16.7 Å². The highest BCUT2D eigenvalue weighted by molar-refractivity contribution is 6.20. The van der Waals surface area contributed by atoms with Crippen LogP contribution in [0.15, 0.2) is 212 Å². The van der Waals surface area contributed by atoms with Crippen molar-refractivity contribution in [2.45, 2.75) is 0 Å². The Morgan fingerprint density at radius 1 is 0.224 bits per heavy atom. The summed E-state index contributed by atoms with van der Waals surface area (Å²) in [5.74, 6) is 1.88. The van der Waals surface area contributed by atoms with Gasteiger partial charge in [-0.1, -0.05) is 194 Å². The van der Waals surface area contributed by atoms with Gasteiger partial charge in [-0.05, 0) is 94.7 Å². The largest absolute Gasteiger partial charge is 0.208 e. The number of hydrogen-bond donors (Lipinski definition) is 0. The van der Waals surface area contributed by atoms with E-state index in [1.165, 1.54) is 54.2 Å². The Morgan fingerprint density at radius 3 is 1.47 bits per heavy atom. The summed E-state index contributed by atoms with van der Waals surface area (Å²) in [6, 6.07) is 75.4. The van der Waals surface area contributed by atoms with Gasteiger partial charge >= 0.3 is 0 Å². The maximum absolute atomic E-state index is 5.19. The van der Waals surface area contributed by atoms with E-state index in [4.69, 9.17) is 15.0 Å². The summed E-state index contributed by atoms with van der Waals surface area (Å²) in [4.78, 5) is 15.5. The predicted octanol–water partition coefficient (Wildman–Crippen LogP) is 14.5. The van der Waals surface area contributed by atoms with Crippen molar-refractivity contribution >= 4 is 43.1 Å². The van der Waals surface area contributed by atoms with Gasteiger partial charge in [-0.2, -0.15) is 0 Å². The van der Waals surface area contributed by atoms with Crippen LogP contribution in [0.5, 0.6) is 0 Å². The van der Waals surface area contributed by atoms with Gasteiger partial charge < -0.3 is 0 Å². The van der Waals surface area contributed by atoms with E-state index in [0.29, 0.717) is 17.5 Å². The molecule has 0 aliphatic carbocycles. The molecule has 0 spiro atoms. The summed E-state index contributed by atoms with van der Waals surface area (Å²) in [6.45, 7) is 0. The number of fused-ring (bicyclic) bond motifs is 5. The molecule has 3 nitrogen and oxygen atoms in total. The molecule has 58 heavy (non-hydrogen) atoms. The lowest BCUT2D eigenvalue weighted by Gasteiger charge is -2.15. The lowest BCUT2D eigenvalue weighted by atomic mass is 9.89. The molecule has 0 amide bonds. The SMILES string of the molecule is c1ccc(-c2cccc(-c3nc(-c4ccc(-c5c6ccccc6cc6c5ccc5ccccc56)cc4)nc(-c4cccc(-c5cccc6ccccc56)c4)n3)c2)cc1. The molecule has 0 bridgehead atoms. The van der Waals surface area contributed by atoms with E-state index < -0.39 is 0 Å². The molecule has 0 fully saturated rings. The first kappa shape index (κ1) is 33.6. The molecule has 1 aromatic heterocycles. The monoisotopic (exact) mass is 737 g/mol. The fourth-order valence-corrected chi connectivity index (χ4v) is 8.45. The van der Waals surface area contributed by atoms with E-state index in [-0.39, 0.29) is 0 Å². The molecule has 0 saturated carbocycles. The lowest BCUT2D eigenvalue weighted by molar-refractivity contribution is 1.07. The van der Waals surface area contributed by atoms with Crippen molar-refractivity contribution in [2.24, 2.45) is 0 Å². The minimum atomic E-state index is 0.626. The fraction of sp³-hybridized carbons (Fsp3) is 0. The van der Waals surface area contributed by atoms with Crippen LogP contribution in [-0.4, -0.2) is 15.0 Å². The van der Waals surface area contributed by atoms with Crippen LogP contribution < -0.4 is 0 Å². The highest BCUT2D eigenvalue weighted by Gasteiger charge is 2.16. The average molecular weight is 738 g/mol. The summed E-state index contributed by atoms with van der Waals surface area (Å²) in [7, 11) is 0. The number of benzene rings is 10. The molecule has 1 heterocycles. The normalized spacial score (nSPS) is 11.4. The summed E-state index contributed by atoms with van der Waals surface area (Å²) >= 11 is 0. The second kappa shape index (κ2) is 14.1. The van der Waals surface area contributed by atoms with Gasteiger partial charge in [-0.3, -0.25) is 0 Å². The zero-order valence-corrected chi connectivity index (χ0v) is 31.5. The highest BCUT2D eigenvalue weighted by atomic mass is 15.0. The van der Waals surface area contributed by atoms with Crippen molar-refractivity contribution in [2.75, 3.05) is 0 Å². The van der Waals surface area contributed by atoms with Crippen molar-refractivity contribution in [3.63, 3.8) is 0 Å². The standard InChI is InChI=1S/C55H35N3/c1-2-13-36(14-3-1)41-19-10-21-44(33-41)54-56-53(57-55(58-54)45-22-11-20-42(34-45)48-26-12-18-37-15-4-7-23-46(37)48)40-29-27-39(28-30-40)52-49-25-9-6-17-43(49)35-51-47-24-8-5-16-38(47)31-32-50(51)52/h1-35H. The number of nitrogens with zero attached hydrogens (tertiary/aromatic N) is 3. The Balaban J connectivity index is 1.06. The van der Waals surface area contributed by atoms with Gasteiger partial charge in [0.25, 0.3) is 0 Å². The Hall–Kier alpha value is -7.75. The lowest BCUT2D eigenvalue weighted by Crippen LogP contribution is -2.00. The number of aromatic nitrogens is 3. The molecule has 0 unspecified atom stereocenters. The van der Waals surface area contributed by atoms with Gasteiger partial charge in [-0.25, -0.2) is 15.0 Å². The summed E-state index contributed by atoms with van der Waals surface area (Å²) in [5, 5.41) is 9.86. The highest BCUT2D eigenvalue weighted by Crippen LogP contribution is 2.40. The molecule has 3 heteroatoms. The zero-order valence-electron chi connectivity index (χ0n) is 31.5. The van der Waals surface area contributed by atoms with E-state index in [0.717, 1.165) is 38.9 Å². The van der Waals surface area contributed by atoms with Gasteiger partial charge in [0.1, 0.15) is 0 Å². The first-order valence-electron chi connectivity index (χ1n) is 19.7. The third-order valence-corrected chi connectivity index (χ3v) is 11.3. The Kier molecular flexibility index (Phi) is 8.15. The Bertz CT molecular complexity index is 3330. The Labute approximate surface area is 336 Å². The van der Waals surface area contributed by atoms with Crippen LogP contribution in [0, 0.1) is 0 Å². The minimum absolute atomic E-state index is 0.626. The van der Waals surface area contributed by atoms with E-state index >= 15 is 0 Å². The molecule has 11 rings (SSSR count). The fourth-order valence-electron chi connectivity index (χ4n) is 8.45. The molecule has 0 aliphatic heterocycles. The molecule has 0 N–H and O–H groups in total. The maximum Gasteiger partial charge on any atom is 0.164 e. The molecular formula is C55H35N3. The summed E-state index contributed by atoms with van der Waals surface area (Å²) in [6.07, 6.45) is 0. The van der Waals surface area contributed by atoms with Crippen molar-refractivity contribution in [3.8, 4) is 67.5 Å². The van der Waals surface area contributed by atoms with Crippen LogP contribution in [0.1, 0.15) is 0 Å². The maximum atomic E-state index is 5.19. The minimum Gasteiger partial charge on any atom is -0.208 e. The van der Waals surface area contributed by atoms with Crippen LogP contribution in [0.4, 0.5) is 0 Å². The van der Waals surface area contributed by atoms with E-state index in [2.05, 4.69) is 206 Å². The van der Waals surface area contributed by atoms with Crippen LogP contribution in [0.3, 0.4) is 0 Å². The smallest absolute Gasteiger partial charge is 0.164 e. The van der Waals surface area contributed by atoms with E-state index in [1.54, 1.807) is 0 Å². The van der Waals surface area contributed by atoms with E-state index in [9.17, 15) is 0 Å². The molecule has 11 aromatic rings. The second-order valence-corrected chi connectivity index (χ2v) is 14.8. The average Bonchev–Trinajstić information content (AvgIpc) is 3.31. The molecule has 0 aliphatic rings. The van der Waals surface area contributed by atoms with Crippen LogP contribution in [0.2, 0.25) is 0 Å². The molecular weight excluding hydrogens is 703 g/mol. The van der Waals surface area contributed by atoms with Gasteiger partial charge in [0.2, 0.25) is 0 Å². The van der Waals surface area contributed by atoms with Crippen molar-refractivity contribution < 1.29 is 0 Å². The molecule has 270 valence electrons. The molecule has 10 aromatic carbocycles. The van der Waals surface area contributed by atoms with E-state index in [1.807, 2.05) is 6.07 Å². The van der Waals surface area contributed by atoms with Gasteiger partial charge in [0.15, 0.2) is 17.5 Å². The first-order chi connectivity index (χ1) is 28.7. The second-order valence-electron chi connectivity index (χ2n) is 14.8. The Morgan fingerprint density at radius 2 is 0.724 bits per heavy atom. The summed E-state index contributed by atoms with van der Waals surface area (Å²) in [5.41, 5.74) is 9.71. The molecule has 0 atom stereocenters. The van der Waals surface area contributed by atoms with Crippen molar-refractivity contribution in [3.05, 3.63) is 212 Å². The predicted molar refractivity (Wildman–Crippen MR) is 242 cm³/mol. The quantitative estimate of drug-likeness (QED) is 0.126. The first-order valence-corrected chi connectivity index (χ1v) is 19.7. The van der Waals surface area contributed by atoms with Crippen molar-refractivity contribution in [1.82, 2.24) is 15.0 Å². The third kappa shape index (κ3) is 5.98. The van der Waals surface area contributed by atoms with Crippen molar-refractivity contribution in [1.29, 1.82) is 0 Å². The van der Waals surface area contributed by atoms with Gasteiger partial charge in [0.05, 0.1) is 0 Å². The van der Waals surface area contributed by atoms with Gasteiger partial charge in [-0.15, -0.1) is 0 Å². The zero-order chi connectivity index (χ0) is 38.4. The number of hydrogen-bond acceptors (Lipinski definition) is 3. The third-order valence-electron chi connectivity index (χ3n) is 11.3. The number of rotatable bonds is 6.